The van der Waals surface area contributed by atoms with Crippen LogP contribution in [0.4, 0.5) is 0 Å². The lowest BCUT2D eigenvalue weighted by Crippen LogP contribution is -2.39. The van der Waals surface area contributed by atoms with Crippen molar-refractivity contribution < 1.29 is 14.6 Å². The second-order valence-electron chi connectivity index (χ2n) is 4.37. The number of ether oxygens (including phenoxy) is 2. The standard InChI is InChI=1S/C13H22N2O3/c1-15(2)13(10(14)8-16)9-5-6-11(17-3)12(7-9)18-4/h5-7,10,13,16H,8,14H2,1-4H3. The molecule has 5 nitrogen and oxygen atoms in total. The van der Waals surface area contributed by atoms with Gasteiger partial charge in [0.2, 0.25) is 0 Å². The Hall–Kier alpha value is -1.30. The van der Waals surface area contributed by atoms with Crippen LogP contribution in [0.1, 0.15) is 11.6 Å². The summed E-state index contributed by atoms with van der Waals surface area (Å²) >= 11 is 0. The molecule has 0 radical (unpaired) electrons. The molecule has 102 valence electrons. The zero-order valence-electron chi connectivity index (χ0n) is 11.4. The molecule has 0 saturated carbocycles. The summed E-state index contributed by atoms with van der Waals surface area (Å²) in [5, 5.41) is 9.24. The molecule has 0 aliphatic heterocycles. The van der Waals surface area contributed by atoms with E-state index in [9.17, 15) is 5.11 Å². The molecule has 0 heterocycles. The number of likely N-dealkylation sites (N-methyl/N-ethyl adjacent to an activating group) is 1. The van der Waals surface area contributed by atoms with Gasteiger partial charge in [0.1, 0.15) is 0 Å². The van der Waals surface area contributed by atoms with Crippen LogP contribution in [-0.4, -0.2) is 51.0 Å². The second kappa shape index (κ2) is 6.58. The summed E-state index contributed by atoms with van der Waals surface area (Å²) in [6.45, 7) is -0.0722. The van der Waals surface area contributed by atoms with Gasteiger partial charge >= 0.3 is 0 Å². The minimum Gasteiger partial charge on any atom is -0.493 e. The first-order valence-corrected chi connectivity index (χ1v) is 5.80. The van der Waals surface area contributed by atoms with E-state index >= 15 is 0 Å². The van der Waals surface area contributed by atoms with Gasteiger partial charge in [-0.1, -0.05) is 6.07 Å². The van der Waals surface area contributed by atoms with Crippen molar-refractivity contribution >= 4 is 0 Å². The Morgan fingerprint density at radius 1 is 1.22 bits per heavy atom. The zero-order valence-corrected chi connectivity index (χ0v) is 11.4. The molecule has 0 aliphatic carbocycles. The van der Waals surface area contributed by atoms with E-state index in [2.05, 4.69) is 0 Å². The third-order valence-electron chi connectivity index (χ3n) is 2.92. The average molecular weight is 254 g/mol. The molecule has 0 fully saturated rings. The SMILES string of the molecule is COc1ccc(C(C(N)CO)N(C)C)cc1OC. The number of hydrogen-bond donors (Lipinski definition) is 2. The molecule has 0 saturated heterocycles. The highest BCUT2D eigenvalue weighted by Gasteiger charge is 2.22. The lowest BCUT2D eigenvalue weighted by atomic mass is 9.99. The zero-order chi connectivity index (χ0) is 13.7. The molecule has 18 heavy (non-hydrogen) atoms. The van der Waals surface area contributed by atoms with E-state index in [0.29, 0.717) is 11.5 Å². The van der Waals surface area contributed by atoms with Gasteiger partial charge in [0.05, 0.1) is 26.9 Å². The minimum atomic E-state index is -0.349. The fraction of sp³-hybridized carbons (Fsp3) is 0.538. The van der Waals surface area contributed by atoms with Gasteiger partial charge in [-0.3, -0.25) is 0 Å². The van der Waals surface area contributed by atoms with E-state index in [-0.39, 0.29) is 18.7 Å². The average Bonchev–Trinajstić information content (AvgIpc) is 2.37. The number of methoxy groups -OCH3 is 2. The summed E-state index contributed by atoms with van der Waals surface area (Å²) in [4.78, 5) is 1.97. The topological polar surface area (TPSA) is 68.0 Å². The number of aliphatic hydroxyl groups excluding tert-OH is 1. The summed E-state index contributed by atoms with van der Waals surface area (Å²) in [5.41, 5.74) is 6.93. The van der Waals surface area contributed by atoms with Crippen molar-refractivity contribution in [2.45, 2.75) is 12.1 Å². The highest BCUT2D eigenvalue weighted by atomic mass is 16.5. The Morgan fingerprint density at radius 3 is 2.28 bits per heavy atom. The quantitative estimate of drug-likeness (QED) is 0.779. The van der Waals surface area contributed by atoms with E-state index in [1.165, 1.54) is 0 Å². The van der Waals surface area contributed by atoms with Crippen molar-refractivity contribution in [3.8, 4) is 11.5 Å². The Morgan fingerprint density at radius 2 is 1.83 bits per heavy atom. The van der Waals surface area contributed by atoms with Gasteiger partial charge in [-0.25, -0.2) is 0 Å². The maximum Gasteiger partial charge on any atom is 0.161 e. The van der Waals surface area contributed by atoms with E-state index in [1.807, 2.05) is 37.2 Å². The fourth-order valence-corrected chi connectivity index (χ4v) is 2.06. The van der Waals surface area contributed by atoms with Crippen LogP contribution in [0.25, 0.3) is 0 Å². The van der Waals surface area contributed by atoms with Gasteiger partial charge in [-0.05, 0) is 31.8 Å². The second-order valence-corrected chi connectivity index (χ2v) is 4.37. The summed E-state index contributed by atoms with van der Waals surface area (Å²) in [5.74, 6) is 1.34. The predicted octanol–water partition coefficient (Wildman–Crippen LogP) is 0.626. The van der Waals surface area contributed by atoms with E-state index in [4.69, 9.17) is 15.2 Å². The highest BCUT2D eigenvalue weighted by Crippen LogP contribution is 2.32. The maximum atomic E-state index is 9.24. The Kier molecular flexibility index (Phi) is 5.40. The lowest BCUT2D eigenvalue weighted by Gasteiger charge is -2.29. The van der Waals surface area contributed by atoms with Gasteiger partial charge in [0, 0.05) is 6.04 Å². The molecule has 2 unspecified atom stereocenters. The lowest BCUT2D eigenvalue weighted by molar-refractivity contribution is 0.181. The van der Waals surface area contributed by atoms with E-state index in [1.54, 1.807) is 14.2 Å². The monoisotopic (exact) mass is 254 g/mol. The van der Waals surface area contributed by atoms with Crippen molar-refractivity contribution in [2.24, 2.45) is 5.73 Å². The third kappa shape index (κ3) is 3.13. The van der Waals surface area contributed by atoms with Crippen molar-refractivity contribution in [1.29, 1.82) is 0 Å². The van der Waals surface area contributed by atoms with Crippen LogP contribution in [0.2, 0.25) is 0 Å². The molecule has 5 heteroatoms. The minimum absolute atomic E-state index is 0.0722. The van der Waals surface area contributed by atoms with Gasteiger partial charge < -0.3 is 25.2 Å². The van der Waals surface area contributed by atoms with Crippen molar-refractivity contribution in [3.63, 3.8) is 0 Å². The van der Waals surface area contributed by atoms with Crippen LogP contribution >= 0.6 is 0 Å². The Labute approximate surface area is 108 Å². The predicted molar refractivity (Wildman–Crippen MR) is 71.0 cm³/mol. The first kappa shape index (κ1) is 14.8. The van der Waals surface area contributed by atoms with Crippen molar-refractivity contribution in [2.75, 3.05) is 34.9 Å². The van der Waals surface area contributed by atoms with Gasteiger partial charge in [0.15, 0.2) is 11.5 Å². The highest BCUT2D eigenvalue weighted by molar-refractivity contribution is 5.44. The smallest absolute Gasteiger partial charge is 0.161 e. The van der Waals surface area contributed by atoms with Crippen LogP contribution in [0.5, 0.6) is 11.5 Å². The molecule has 3 N–H and O–H groups in total. The molecule has 0 aliphatic rings. The van der Waals surface area contributed by atoms with Crippen LogP contribution < -0.4 is 15.2 Å². The maximum absolute atomic E-state index is 9.24. The molecule has 0 bridgehead atoms. The first-order valence-electron chi connectivity index (χ1n) is 5.80. The Bertz CT molecular complexity index is 382. The molecule has 0 aromatic heterocycles. The van der Waals surface area contributed by atoms with E-state index < -0.39 is 0 Å². The largest absolute Gasteiger partial charge is 0.493 e. The normalized spacial score (nSPS) is 14.4. The summed E-state index contributed by atoms with van der Waals surface area (Å²) in [6, 6.07) is 5.24. The molecule has 0 spiro atoms. The van der Waals surface area contributed by atoms with Crippen LogP contribution in [-0.2, 0) is 0 Å². The molecular weight excluding hydrogens is 232 g/mol. The molecule has 1 rings (SSSR count). The Balaban J connectivity index is 3.13. The summed E-state index contributed by atoms with van der Waals surface area (Å²) in [6.07, 6.45) is 0. The fourth-order valence-electron chi connectivity index (χ4n) is 2.06. The molecular formula is C13H22N2O3. The summed E-state index contributed by atoms with van der Waals surface area (Å²) in [7, 11) is 7.05. The number of hydrogen-bond acceptors (Lipinski definition) is 5. The van der Waals surface area contributed by atoms with Gasteiger partial charge in [-0.15, -0.1) is 0 Å². The van der Waals surface area contributed by atoms with Crippen LogP contribution in [0, 0.1) is 0 Å². The van der Waals surface area contributed by atoms with E-state index in [0.717, 1.165) is 5.56 Å². The van der Waals surface area contributed by atoms with Gasteiger partial charge in [0.25, 0.3) is 0 Å². The molecule has 2 atom stereocenters. The summed E-state index contributed by atoms with van der Waals surface area (Å²) < 4.78 is 10.5. The number of rotatable bonds is 6. The number of benzene rings is 1. The molecule has 0 amide bonds. The van der Waals surface area contributed by atoms with Gasteiger partial charge in [-0.2, -0.15) is 0 Å². The van der Waals surface area contributed by atoms with Crippen LogP contribution in [0.3, 0.4) is 0 Å². The molecule has 1 aromatic rings. The van der Waals surface area contributed by atoms with Crippen molar-refractivity contribution in [3.05, 3.63) is 23.8 Å². The first-order chi connectivity index (χ1) is 8.54. The molecule has 1 aromatic carbocycles. The van der Waals surface area contributed by atoms with Crippen LogP contribution in [0.15, 0.2) is 18.2 Å². The van der Waals surface area contributed by atoms with Crippen molar-refractivity contribution in [1.82, 2.24) is 4.90 Å². The number of nitrogens with two attached hydrogens (primary N) is 1. The number of aliphatic hydroxyl groups is 1. The third-order valence-corrected chi connectivity index (χ3v) is 2.92. The number of nitrogens with zero attached hydrogens (tertiary/aromatic N) is 1.